The molecule has 0 aliphatic rings. The molecule has 102 valence electrons. The number of nitrogens with one attached hydrogen (secondary N) is 1. The van der Waals surface area contributed by atoms with Crippen molar-refractivity contribution in [1.82, 2.24) is 14.7 Å². The number of fused-ring (bicyclic) bond motifs is 1. The lowest BCUT2D eigenvalue weighted by Gasteiger charge is -2.20. The number of carboxylic acids is 1. The van der Waals surface area contributed by atoms with Crippen LogP contribution in [-0.2, 0) is 6.42 Å². The van der Waals surface area contributed by atoms with Gasteiger partial charge in [-0.05, 0) is 32.9 Å². The molecule has 2 heterocycles. The fourth-order valence-corrected chi connectivity index (χ4v) is 1.98. The molecule has 0 unspecified atom stereocenters. The van der Waals surface area contributed by atoms with E-state index in [2.05, 4.69) is 31.1 Å². The summed E-state index contributed by atoms with van der Waals surface area (Å²) in [6, 6.07) is 5.47. The topological polar surface area (TPSA) is 66.6 Å². The molecular weight excluding hydrogens is 242 g/mol. The third kappa shape index (κ3) is 3.12. The highest BCUT2D eigenvalue weighted by Gasteiger charge is 2.16. The van der Waals surface area contributed by atoms with Crippen LogP contribution < -0.4 is 5.32 Å². The summed E-state index contributed by atoms with van der Waals surface area (Å²) in [5, 5.41) is 12.5. The molecule has 5 nitrogen and oxygen atoms in total. The van der Waals surface area contributed by atoms with Gasteiger partial charge in [0.05, 0.1) is 5.52 Å². The Hall–Kier alpha value is -1.88. The van der Waals surface area contributed by atoms with E-state index in [0.717, 1.165) is 12.4 Å². The molecule has 2 rings (SSSR count). The van der Waals surface area contributed by atoms with E-state index in [9.17, 15) is 4.79 Å². The number of aromatic carboxylic acids is 1. The van der Waals surface area contributed by atoms with E-state index in [1.165, 1.54) is 0 Å². The van der Waals surface area contributed by atoms with Gasteiger partial charge >= 0.3 is 5.97 Å². The minimum atomic E-state index is -0.987. The molecule has 19 heavy (non-hydrogen) atoms. The van der Waals surface area contributed by atoms with E-state index in [0.29, 0.717) is 11.9 Å². The minimum absolute atomic E-state index is 0.0443. The summed E-state index contributed by atoms with van der Waals surface area (Å²) in [5.74, 6) is -0.219. The number of hydrogen-bond donors (Lipinski definition) is 2. The first-order valence-corrected chi connectivity index (χ1v) is 6.33. The van der Waals surface area contributed by atoms with Gasteiger partial charge in [0, 0.05) is 24.7 Å². The number of rotatable bonds is 4. The second kappa shape index (κ2) is 5.01. The average molecular weight is 261 g/mol. The van der Waals surface area contributed by atoms with E-state index in [4.69, 9.17) is 5.11 Å². The second-order valence-electron chi connectivity index (χ2n) is 5.56. The first kappa shape index (κ1) is 13.5. The predicted octanol–water partition coefficient (Wildman–Crippen LogP) is 1.96. The van der Waals surface area contributed by atoms with Gasteiger partial charge in [-0.15, -0.1) is 0 Å². The highest BCUT2D eigenvalue weighted by atomic mass is 16.4. The lowest BCUT2D eigenvalue weighted by molar-refractivity contribution is 0.0693. The standard InChI is InChI=1S/C14H19N3O2/c1-14(2,3)15-8-7-11-16-12(13(18)19)10-6-4-5-9-17(10)11/h4-6,9,15H,7-8H2,1-3H3,(H,18,19). The van der Waals surface area contributed by atoms with Crippen molar-refractivity contribution in [2.45, 2.75) is 32.7 Å². The van der Waals surface area contributed by atoms with Crippen LogP contribution in [0.15, 0.2) is 24.4 Å². The SMILES string of the molecule is CC(C)(C)NCCc1nc(C(=O)O)c2ccccn12. The van der Waals surface area contributed by atoms with Gasteiger partial charge in [0.15, 0.2) is 5.69 Å². The van der Waals surface area contributed by atoms with Crippen molar-refractivity contribution < 1.29 is 9.90 Å². The molecule has 0 aliphatic carbocycles. The van der Waals surface area contributed by atoms with E-state index in [1.807, 2.05) is 22.7 Å². The molecule has 0 aliphatic heterocycles. The molecule has 0 atom stereocenters. The van der Waals surface area contributed by atoms with Crippen LogP contribution >= 0.6 is 0 Å². The Labute approximate surface area is 112 Å². The Kier molecular flexibility index (Phi) is 3.57. The summed E-state index contributed by atoms with van der Waals surface area (Å²) < 4.78 is 1.84. The van der Waals surface area contributed by atoms with Crippen LogP contribution in [0.1, 0.15) is 37.1 Å². The average Bonchev–Trinajstić information content (AvgIpc) is 2.67. The smallest absolute Gasteiger partial charge is 0.356 e. The Morgan fingerprint density at radius 3 is 2.79 bits per heavy atom. The van der Waals surface area contributed by atoms with Gasteiger partial charge in [-0.25, -0.2) is 9.78 Å². The third-order valence-electron chi connectivity index (χ3n) is 2.83. The molecule has 2 aromatic rings. The molecule has 0 fully saturated rings. The zero-order valence-corrected chi connectivity index (χ0v) is 11.5. The largest absolute Gasteiger partial charge is 0.476 e. The highest BCUT2D eigenvalue weighted by molar-refractivity contribution is 5.93. The molecule has 0 saturated carbocycles. The van der Waals surface area contributed by atoms with Crippen molar-refractivity contribution in [3.63, 3.8) is 0 Å². The minimum Gasteiger partial charge on any atom is -0.476 e. The van der Waals surface area contributed by atoms with E-state index in [-0.39, 0.29) is 11.2 Å². The number of imidazole rings is 1. The molecule has 0 bridgehead atoms. The zero-order chi connectivity index (χ0) is 14.0. The first-order valence-electron chi connectivity index (χ1n) is 6.33. The van der Waals surface area contributed by atoms with Crippen LogP contribution in [0, 0.1) is 0 Å². The molecule has 2 N–H and O–H groups in total. The van der Waals surface area contributed by atoms with Gasteiger partial charge in [-0.1, -0.05) is 6.07 Å². The lowest BCUT2D eigenvalue weighted by atomic mass is 10.1. The molecule has 0 radical (unpaired) electrons. The molecule has 0 amide bonds. The van der Waals surface area contributed by atoms with Crippen LogP contribution in [0.3, 0.4) is 0 Å². The first-order chi connectivity index (χ1) is 8.88. The maximum atomic E-state index is 11.2. The molecule has 0 aromatic carbocycles. The monoisotopic (exact) mass is 261 g/mol. The predicted molar refractivity (Wildman–Crippen MR) is 73.6 cm³/mol. The Bertz CT molecular complexity index is 596. The lowest BCUT2D eigenvalue weighted by Crippen LogP contribution is -2.37. The van der Waals surface area contributed by atoms with Gasteiger partial charge in [0.2, 0.25) is 0 Å². The van der Waals surface area contributed by atoms with E-state index < -0.39 is 5.97 Å². The number of hydrogen-bond acceptors (Lipinski definition) is 3. The number of pyridine rings is 1. The highest BCUT2D eigenvalue weighted by Crippen LogP contribution is 2.13. The van der Waals surface area contributed by atoms with Gasteiger partial charge in [-0.2, -0.15) is 0 Å². The van der Waals surface area contributed by atoms with E-state index >= 15 is 0 Å². The zero-order valence-electron chi connectivity index (χ0n) is 11.5. The number of carbonyl (C=O) groups is 1. The van der Waals surface area contributed by atoms with Gasteiger partial charge in [-0.3, -0.25) is 0 Å². The molecule has 5 heteroatoms. The third-order valence-corrected chi connectivity index (χ3v) is 2.83. The van der Waals surface area contributed by atoms with Gasteiger partial charge < -0.3 is 14.8 Å². The quantitative estimate of drug-likeness (QED) is 0.883. The maximum absolute atomic E-state index is 11.2. The van der Waals surface area contributed by atoms with Crippen LogP contribution in [0.4, 0.5) is 0 Å². The Morgan fingerprint density at radius 1 is 1.42 bits per heavy atom. The van der Waals surface area contributed by atoms with Crippen LogP contribution in [0.5, 0.6) is 0 Å². The van der Waals surface area contributed by atoms with Crippen LogP contribution in [-0.4, -0.2) is 32.5 Å². The summed E-state index contributed by atoms with van der Waals surface area (Å²) in [6.07, 6.45) is 2.54. The molecule has 2 aromatic heterocycles. The van der Waals surface area contributed by atoms with Crippen LogP contribution in [0.2, 0.25) is 0 Å². The van der Waals surface area contributed by atoms with Crippen molar-refractivity contribution in [3.05, 3.63) is 35.9 Å². The summed E-state index contributed by atoms with van der Waals surface area (Å²) in [5.41, 5.74) is 0.801. The van der Waals surface area contributed by atoms with Crippen molar-refractivity contribution in [3.8, 4) is 0 Å². The van der Waals surface area contributed by atoms with E-state index in [1.54, 1.807) is 6.07 Å². The number of carboxylic acid groups (broad SMARTS) is 1. The van der Waals surface area contributed by atoms with Crippen molar-refractivity contribution in [2.75, 3.05) is 6.54 Å². The molecule has 0 spiro atoms. The van der Waals surface area contributed by atoms with Crippen molar-refractivity contribution >= 4 is 11.5 Å². The summed E-state index contributed by atoms with van der Waals surface area (Å²) >= 11 is 0. The second-order valence-corrected chi connectivity index (χ2v) is 5.56. The fraction of sp³-hybridized carbons (Fsp3) is 0.429. The van der Waals surface area contributed by atoms with Crippen molar-refractivity contribution in [1.29, 1.82) is 0 Å². The summed E-state index contributed by atoms with van der Waals surface area (Å²) in [4.78, 5) is 15.4. The van der Waals surface area contributed by atoms with Crippen LogP contribution in [0.25, 0.3) is 5.52 Å². The van der Waals surface area contributed by atoms with Crippen molar-refractivity contribution in [2.24, 2.45) is 0 Å². The Morgan fingerprint density at radius 2 is 2.16 bits per heavy atom. The normalized spacial score (nSPS) is 11.9. The molecular formula is C14H19N3O2. The Balaban J connectivity index is 2.26. The van der Waals surface area contributed by atoms with Gasteiger partial charge in [0.1, 0.15) is 5.82 Å². The fourth-order valence-electron chi connectivity index (χ4n) is 1.98. The molecule has 0 saturated heterocycles. The number of nitrogens with zero attached hydrogens (tertiary/aromatic N) is 2. The number of aromatic nitrogens is 2. The maximum Gasteiger partial charge on any atom is 0.356 e. The summed E-state index contributed by atoms with van der Waals surface area (Å²) in [7, 11) is 0. The summed E-state index contributed by atoms with van der Waals surface area (Å²) in [6.45, 7) is 7.05. The van der Waals surface area contributed by atoms with Gasteiger partial charge in [0.25, 0.3) is 0 Å².